The SMILES string of the molecule is CCCCCNCCCCCC(Cc1ccccc1)(Cc1ccccc1)NCCCCC. The second kappa shape index (κ2) is 16.9. The van der Waals surface area contributed by atoms with Crippen LogP contribution in [-0.4, -0.2) is 25.2 Å². The van der Waals surface area contributed by atoms with E-state index in [-0.39, 0.29) is 5.54 Å². The molecule has 178 valence electrons. The van der Waals surface area contributed by atoms with E-state index in [1.54, 1.807) is 0 Å². The Bertz CT molecular complexity index is 626. The van der Waals surface area contributed by atoms with Crippen LogP contribution in [0.25, 0.3) is 0 Å². The summed E-state index contributed by atoms with van der Waals surface area (Å²) in [6.07, 6.45) is 15.1. The maximum absolute atomic E-state index is 4.07. The average Bonchev–Trinajstić information content (AvgIpc) is 2.82. The van der Waals surface area contributed by atoms with Crippen molar-refractivity contribution in [3.05, 3.63) is 71.8 Å². The van der Waals surface area contributed by atoms with Crippen LogP contribution in [0.5, 0.6) is 0 Å². The highest BCUT2D eigenvalue weighted by atomic mass is 15.0. The molecule has 0 aliphatic heterocycles. The zero-order chi connectivity index (χ0) is 22.7. The lowest BCUT2D eigenvalue weighted by molar-refractivity contribution is 0.283. The first-order chi connectivity index (χ1) is 15.8. The van der Waals surface area contributed by atoms with Gasteiger partial charge in [-0.1, -0.05) is 113 Å². The third-order valence-corrected chi connectivity index (χ3v) is 6.52. The van der Waals surface area contributed by atoms with Crippen LogP contribution in [0.1, 0.15) is 89.2 Å². The monoisotopic (exact) mass is 436 g/mol. The quantitative estimate of drug-likeness (QED) is 0.225. The van der Waals surface area contributed by atoms with E-state index in [1.807, 2.05) is 0 Å². The molecule has 0 spiro atoms. The number of unbranched alkanes of at least 4 members (excludes halogenated alkanes) is 6. The standard InChI is InChI=1S/C30H48N2/c1-3-5-15-23-31-24-17-9-14-22-30(32-25-16-6-4-2,26-28-18-10-7-11-19-28)27-29-20-12-8-13-21-29/h7-8,10-13,18-21,31-32H,3-6,9,14-17,22-27H2,1-2H3. The highest BCUT2D eigenvalue weighted by Crippen LogP contribution is 2.26. The fourth-order valence-corrected chi connectivity index (χ4v) is 4.67. The molecule has 0 unspecified atom stereocenters. The topological polar surface area (TPSA) is 24.1 Å². The summed E-state index contributed by atoms with van der Waals surface area (Å²) in [7, 11) is 0. The van der Waals surface area contributed by atoms with Gasteiger partial charge in [0.2, 0.25) is 0 Å². The van der Waals surface area contributed by atoms with Crippen LogP contribution in [0.15, 0.2) is 60.7 Å². The van der Waals surface area contributed by atoms with Crippen molar-refractivity contribution in [2.45, 2.75) is 96.4 Å². The Balaban J connectivity index is 1.99. The van der Waals surface area contributed by atoms with Crippen LogP contribution in [-0.2, 0) is 12.8 Å². The summed E-state index contributed by atoms with van der Waals surface area (Å²) < 4.78 is 0. The maximum atomic E-state index is 4.07. The summed E-state index contributed by atoms with van der Waals surface area (Å²) in [4.78, 5) is 0. The fourth-order valence-electron chi connectivity index (χ4n) is 4.67. The van der Waals surface area contributed by atoms with E-state index in [0.29, 0.717) is 0 Å². The molecule has 2 aromatic rings. The van der Waals surface area contributed by atoms with Crippen molar-refractivity contribution >= 4 is 0 Å². The van der Waals surface area contributed by atoms with E-state index < -0.39 is 0 Å². The highest BCUT2D eigenvalue weighted by Gasteiger charge is 2.29. The van der Waals surface area contributed by atoms with Gasteiger partial charge in [0.05, 0.1) is 0 Å². The van der Waals surface area contributed by atoms with Crippen molar-refractivity contribution in [2.24, 2.45) is 0 Å². The van der Waals surface area contributed by atoms with Gasteiger partial charge < -0.3 is 10.6 Å². The summed E-state index contributed by atoms with van der Waals surface area (Å²) in [5.74, 6) is 0. The lowest BCUT2D eigenvalue weighted by Crippen LogP contribution is -2.49. The van der Waals surface area contributed by atoms with Crippen molar-refractivity contribution in [3.63, 3.8) is 0 Å². The predicted octanol–water partition coefficient (Wildman–Crippen LogP) is 7.33. The average molecular weight is 437 g/mol. The minimum atomic E-state index is 0.130. The third kappa shape index (κ3) is 11.3. The van der Waals surface area contributed by atoms with Gasteiger partial charge >= 0.3 is 0 Å². The molecule has 0 bridgehead atoms. The molecule has 2 nitrogen and oxygen atoms in total. The molecule has 0 radical (unpaired) electrons. The van der Waals surface area contributed by atoms with Gasteiger partial charge in [0.25, 0.3) is 0 Å². The van der Waals surface area contributed by atoms with Crippen LogP contribution in [0.2, 0.25) is 0 Å². The first-order valence-electron chi connectivity index (χ1n) is 13.3. The Morgan fingerprint density at radius 2 is 1.06 bits per heavy atom. The van der Waals surface area contributed by atoms with Crippen LogP contribution in [0.3, 0.4) is 0 Å². The van der Waals surface area contributed by atoms with Crippen molar-refractivity contribution in [1.29, 1.82) is 0 Å². The summed E-state index contributed by atoms with van der Waals surface area (Å²) in [5.41, 5.74) is 3.03. The number of benzene rings is 2. The molecule has 2 N–H and O–H groups in total. The van der Waals surface area contributed by atoms with Crippen molar-refractivity contribution < 1.29 is 0 Å². The lowest BCUT2D eigenvalue weighted by atomic mass is 9.80. The minimum Gasteiger partial charge on any atom is -0.317 e. The molecule has 32 heavy (non-hydrogen) atoms. The van der Waals surface area contributed by atoms with Gasteiger partial charge in [0.1, 0.15) is 0 Å². The first kappa shape index (κ1) is 26.6. The Morgan fingerprint density at radius 1 is 0.562 bits per heavy atom. The second-order valence-electron chi connectivity index (χ2n) is 9.51. The van der Waals surface area contributed by atoms with E-state index in [1.165, 1.54) is 81.9 Å². The molecule has 0 amide bonds. The molecular formula is C30H48N2. The zero-order valence-corrected chi connectivity index (χ0v) is 20.9. The Morgan fingerprint density at radius 3 is 1.59 bits per heavy atom. The lowest BCUT2D eigenvalue weighted by Gasteiger charge is -2.36. The second-order valence-corrected chi connectivity index (χ2v) is 9.51. The van der Waals surface area contributed by atoms with E-state index in [4.69, 9.17) is 0 Å². The van der Waals surface area contributed by atoms with Gasteiger partial charge in [0, 0.05) is 5.54 Å². The van der Waals surface area contributed by atoms with Crippen molar-refractivity contribution in [3.8, 4) is 0 Å². The van der Waals surface area contributed by atoms with E-state index >= 15 is 0 Å². The molecule has 2 aromatic carbocycles. The molecule has 0 atom stereocenters. The summed E-state index contributed by atoms with van der Waals surface area (Å²) in [6, 6.07) is 22.2. The van der Waals surface area contributed by atoms with Crippen LogP contribution in [0.4, 0.5) is 0 Å². The summed E-state index contributed by atoms with van der Waals surface area (Å²) in [5, 5.41) is 7.70. The van der Waals surface area contributed by atoms with Gasteiger partial charge in [-0.05, 0) is 69.3 Å². The molecule has 0 aliphatic carbocycles. The minimum absolute atomic E-state index is 0.130. The molecule has 2 rings (SSSR count). The van der Waals surface area contributed by atoms with Gasteiger partial charge in [-0.2, -0.15) is 0 Å². The van der Waals surface area contributed by atoms with E-state index in [0.717, 1.165) is 25.9 Å². The zero-order valence-electron chi connectivity index (χ0n) is 20.9. The number of hydrogen-bond donors (Lipinski definition) is 2. The Kier molecular flexibility index (Phi) is 14.1. The molecule has 0 fully saturated rings. The Hall–Kier alpha value is -1.64. The normalized spacial score (nSPS) is 11.7. The van der Waals surface area contributed by atoms with Gasteiger partial charge in [-0.25, -0.2) is 0 Å². The van der Waals surface area contributed by atoms with Crippen molar-refractivity contribution in [2.75, 3.05) is 19.6 Å². The predicted molar refractivity (Wildman–Crippen MR) is 141 cm³/mol. The summed E-state index contributed by atoms with van der Waals surface area (Å²) in [6.45, 7) is 8.02. The molecular weight excluding hydrogens is 388 g/mol. The highest BCUT2D eigenvalue weighted by molar-refractivity contribution is 5.23. The smallest absolute Gasteiger partial charge is 0.0262 e. The molecule has 0 saturated heterocycles. The van der Waals surface area contributed by atoms with Gasteiger partial charge in [0.15, 0.2) is 0 Å². The number of nitrogens with one attached hydrogen (secondary N) is 2. The molecule has 0 saturated carbocycles. The van der Waals surface area contributed by atoms with Gasteiger partial charge in [-0.15, -0.1) is 0 Å². The molecule has 0 heterocycles. The van der Waals surface area contributed by atoms with Crippen LogP contribution < -0.4 is 10.6 Å². The first-order valence-corrected chi connectivity index (χ1v) is 13.3. The van der Waals surface area contributed by atoms with Crippen molar-refractivity contribution in [1.82, 2.24) is 10.6 Å². The fraction of sp³-hybridized carbons (Fsp3) is 0.600. The summed E-state index contributed by atoms with van der Waals surface area (Å²) >= 11 is 0. The maximum Gasteiger partial charge on any atom is 0.0262 e. The number of rotatable bonds is 19. The third-order valence-electron chi connectivity index (χ3n) is 6.52. The van der Waals surface area contributed by atoms with E-state index in [9.17, 15) is 0 Å². The largest absolute Gasteiger partial charge is 0.317 e. The molecule has 0 aromatic heterocycles. The van der Waals surface area contributed by atoms with Gasteiger partial charge in [-0.3, -0.25) is 0 Å². The number of hydrogen-bond acceptors (Lipinski definition) is 2. The van der Waals surface area contributed by atoms with Crippen LogP contribution in [0, 0.1) is 0 Å². The van der Waals surface area contributed by atoms with Crippen LogP contribution >= 0.6 is 0 Å². The molecule has 0 aliphatic rings. The molecule has 2 heteroatoms. The van der Waals surface area contributed by atoms with E-state index in [2.05, 4.69) is 85.1 Å². The Labute approximate surface area is 198 Å².